The zero-order chi connectivity index (χ0) is 13.1. The van der Waals surface area contributed by atoms with E-state index in [0.29, 0.717) is 11.1 Å². The molecule has 1 amide bonds. The van der Waals surface area contributed by atoms with E-state index < -0.39 is 0 Å². The molecule has 0 unspecified atom stereocenters. The van der Waals surface area contributed by atoms with Gasteiger partial charge in [0.1, 0.15) is 5.75 Å². The van der Waals surface area contributed by atoms with Crippen molar-refractivity contribution < 1.29 is 9.90 Å². The summed E-state index contributed by atoms with van der Waals surface area (Å²) in [4.78, 5) is 17.7. The number of hydrogen-bond acceptors (Lipinski definition) is 3. The molecule has 92 valence electrons. The van der Waals surface area contributed by atoms with E-state index >= 15 is 0 Å². The largest absolute Gasteiger partial charge is 0.508 e. The summed E-state index contributed by atoms with van der Waals surface area (Å²) < 4.78 is 0. The molecule has 0 saturated carbocycles. The van der Waals surface area contributed by atoms with Gasteiger partial charge in [0.15, 0.2) is 0 Å². The standard InChI is InChI=1S/C14H14N2O2/c1-10-9-11(3-4-13(10)17)14(18)16(2)12-5-7-15-8-6-12/h3-9,17H,1-2H3. The monoisotopic (exact) mass is 242 g/mol. The topological polar surface area (TPSA) is 53.4 Å². The number of pyridine rings is 1. The molecular weight excluding hydrogens is 228 g/mol. The second-order valence-corrected chi connectivity index (χ2v) is 4.07. The first kappa shape index (κ1) is 12.1. The lowest BCUT2D eigenvalue weighted by molar-refractivity contribution is 0.0993. The third kappa shape index (κ3) is 2.32. The fourth-order valence-corrected chi connectivity index (χ4v) is 1.67. The van der Waals surface area contributed by atoms with Crippen molar-refractivity contribution in [2.24, 2.45) is 0 Å². The summed E-state index contributed by atoms with van der Waals surface area (Å²) in [5, 5.41) is 9.45. The summed E-state index contributed by atoms with van der Waals surface area (Å²) in [6.45, 7) is 1.76. The number of rotatable bonds is 2. The summed E-state index contributed by atoms with van der Waals surface area (Å²) in [6.07, 6.45) is 3.28. The quantitative estimate of drug-likeness (QED) is 0.879. The van der Waals surface area contributed by atoms with Crippen LogP contribution in [0.5, 0.6) is 5.75 Å². The molecule has 1 N–H and O–H groups in total. The van der Waals surface area contributed by atoms with E-state index in [0.717, 1.165) is 5.69 Å². The van der Waals surface area contributed by atoms with Crippen molar-refractivity contribution >= 4 is 11.6 Å². The highest BCUT2D eigenvalue weighted by Crippen LogP contribution is 2.19. The van der Waals surface area contributed by atoms with Crippen LogP contribution in [0.25, 0.3) is 0 Å². The highest BCUT2D eigenvalue weighted by Gasteiger charge is 2.14. The molecule has 0 atom stereocenters. The van der Waals surface area contributed by atoms with Crippen LogP contribution >= 0.6 is 0 Å². The number of nitrogens with zero attached hydrogens (tertiary/aromatic N) is 2. The summed E-state index contributed by atoms with van der Waals surface area (Å²) in [5.74, 6) is 0.0717. The van der Waals surface area contributed by atoms with Gasteiger partial charge < -0.3 is 10.0 Å². The Labute approximate surface area is 106 Å². The summed E-state index contributed by atoms with van der Waals surface area (Å²) >= 11 is 0. The molecule has 2 rings (SSSR count). The number of benzene rings is 1. The van der Waals surface area contributed by atoms with Gasteiger partial charge in [-0.25, -0.2) is 0 Å². The molecule has 0 radical (unpaired) electrons. The fraction of sp³-hybridized carbons (Fsp3) is 0.143. The molecule has 1 aromatic heterocycles. The Kier molecular flexibility index (Phi) is 3.28. The number of amides is 1. The van der Waals surface area contributed by atoms with E-state index in [1.54, 1.807) is 55.5 Å². The smallest absolute Gasteiger partial charge is 0.258 e. The summed E-state index contributed by atoms with van der Waals surface area (Å²) in [7, 11) is 1.71. The SMILES string of the molecule is Cc1cc(C(=O)N(C)c2ccncc2)ccc1O. The predicted octanol–water partition coefficient (Wildman–Crippen LogP) is 2.37. The number of anilines is 1. The van der Waals surface area contributed by atoms with Crippen molar-refractivity contribution in [3.8, 4) is 5.75 Å². The lowest BCUT2D eigenvalue weighted by Crippen LogP contribution is -2.26. The normalized spacial score (nSPS) is 10.1. The number of aromatic hydroxyl groups is 1. The molecule has 0 aliphatic heterocycles. The molecule has 1 aromatic carbocycles. The van der Waals surface area contributed by atoms with E-state index in [-0.39, 0.29) is 11.7 Å². The van der Waals surface area contributed by atoms with Crippen molar-refractivity contribution in [1.82, 2.24) is 4.98 Å². The van der Waals surface area contributed by atoms with Crippen LogP contribution in [0.15, 0.2) is 42.7 Å². The molecule has 0 spiro atoms. The number of carbonyl (C=O) groups is 1. The van der Waals surface area contributed by atoms with Crippen molar-refractivity contribution in [3.63, 3.8) is 0 Å². The number of aromatic nitrogens is 1. The molecular formula is C14H14N2O2. The minimum Gasteiger partial charge on any atom is -0.508 e. The number of aryl methyl sites for hydroxylation is 1. The van der Waals surface area contributed by atoms with Crippen LogP contribution in [0.3, 0.4) is 0 Å². The summed E-state index contributed by atoms with van der Waals surface area (Å²) in [5.41, 5.74) is 2.01. The molecule has 2 aromatic rings. The van der Waals surface area contributed by atoms with E-state index in [2.05, 4.69) is 4.98 Å². The van der Waals surface area contributed by atoms with Crippen molar-refractivity contribution in [1.29, 1.82) is 0 Å². The van der Waals surface area contributed by atoms with Crippen LogP contribution < -0.4 is 4.90 Å². The second-order valence-electron chi connectivity index (χ2n) is 4.07. The predicted molar refractivity (Wildman–Crippen MR) is 69.8 cm³/mol. The number of hydrogen-bond donors (Lipinski definition) is 1. The van der Waals surface area contributed by atoms with E-state index in [4.69, 9.17) is 0 Å². The average molecular weight is 242 g/mol. The Morgan fingerprint density at radius 3 is 2.50 bits per heavy atom. The second kappa shape index (κ2) is 4.87. The van der Waals surface area contributed by atoms with Gasteiger partial charge in [0.25, 0.3) is 5.91 Å². The highest BCUT2D eigenvalue weighted by atomic mass is 16.3. The zero-order valence-electron chi connectivity index (χ0n) is 10.3. The van der Waals surface area contributed by atoms with E-state index in [9.17, 15) is 9.90 Å². The van der Waals surface area contributed by atoms with Crippen LogP contribution in [0.4, 0.5) is 5.69 Å². The molecule has 4 heteroatoms. The summed E-state index contributed by atoms with van der Waals surface area (Å²) in [6, 6.07) is 8.36. The highest BCUT2D eigenvalue weighted by molar-refractivity contribution is 6.05. The zero-order valence-corrected chi connectivity index (χ0v) is 10.3. The van der Waals surface area contributed by atoms with Crippen molar-refractivity contribution in [2.45, 2.75) is 6.92 Å². The fourth-order valence-electron chi connectivity index (χ4n) is 1.67. The molecule has 0 aliphatic carbocycles. The minimum absolute atomic E-state index is 0.121. The van der Waals surface area contributed by atoms with Crippen LogP contribution in [0.2, 0.25) is 0 Å². The van der Waals surface area contributed by atoms with Gasteiger partial charge in [-0.15, -0.1) is 0 Å². The first-order valence-corrected chi connectivity index (χ1v) is 5.57. The first-order valence-electron chi connectivity index (χ1n) is 5.57. The third-order valence-corrected chi connectivity index (χ3v) is 2.80. The van der Waals surface area contributed by atoms with Gasteiger partial charge in [0, 0.05) is 30.7 Å². The number of phenolic OH excluding ortho intramolecular Hbond substituents is 1. The molecule has 1 heterocycles. The Bertz CT molecular complexity index is 567. The van der Waals surface area contributed by atoms with Crippen LogP contribution in [0, 0.1) is 6.92 Å². The maximum Gasteiger partial charge on any atom is 0.258 e. The van der Waals surface area contributed by atoms with Gasteiger partial charge in [0.05, 0.1) is 0 Å². The molecule has 0 bridgehead atoms. The third-order valence-electron chi connectivity index (χ3n) is 2.80. The Morgan fingerprint density at radius 1 is 1.22 bits per heavy atom. The Morgan fingerprint density at radius 2 is 1.89 bits per heavy atom. The Hall–Kier alpha value is -2.36. The van der Waals surface area contributed by atoms with Gasteiger partial charge in [-0.3, -0.25) is 9.78 Å². The van der Waals surface area contributed by atoms with E-state index in [1.807, 2.05) is 0 Å². The number of carbonyl (C=O) groups excluding carboxylic acids is 1. The number of phenols is 1. The molecule has 0 fully saturated rings. The van der Waals surface area contributed by atoms with Gasteiger partial charge in [-0.05, 0) is 42.8 Å². The van der Waals surface area contributed by atoms with Crippen molar-refractivity contribution in [2.75, 3.05) is 11.9 Å². The minimum atomic E-state index is -0.121. The molecule has 0 aliphatic rings. The van der Waals surface area contributed by atoms with Gasteiger partial charge in [0.2, 0.25) is 0 Å². The van der Waals surface area contributed by atoms with E-state index in [1.165, 1.54) is 6.07 Å². The van der Waals surface area contributed by atoms with Crippen molar-refractivity contribution in [3.05, 3.63) is 53.9 Å². The van der Waals surface area contributed by atoms with Crippen LogP contribution in [0.1, 0.15) is 15.9 Å². The Balaban J connectivity index is 2.29. The average Bonchev–Trinajstić information content (AvgIpc) is 2.41. The van der Waals surface area contributed by atoms with Crippen LogP contribution in [-0.4, -0.2) is 23.0 Å². The molecule has 18 heavy (non-hydrogen) atoms. The van der Waals surface area contributed by atoms with Crippen LogP contribution in [-0.2, 0) is 0 Å². The molecule has 4 nitrogen and oxygen atoms in total. The first-order chi connectivity index (χ1) is 8.59. The maximum absolute atomic E-state index is 12.2. The maximum atomic E-state index is 12.2. The van der Waals surface area contributed by atoms with Gasteiger partial charge >= 0.3 is 0 Å². The molecule has 0 saturated heterocycles. The van der Waals surface area contributed by atoms with Gasteiger partial charge in [-0.1, -0.05) is 0 Å². The van der Waals surface area contributed by atoms with Gasteiger partial charge in [-0.2, -0.15) is 0 Å². The lowest BCUT2D eigenvalue weighted by atomic mass is 10.1. The lowest BCUT2D eigenvalue weighted by Gasteiger charge is -2.17.